The van der Waals surface area contributed by atoms with Crippen LogP contribution in [0.15, 0.2) is 57.5 Å². The van der Waals surface area contributed by atoms with Gasteiger partial charge >= 0.3 is 5.97 Å². The molecule has 3 aromatic carbocycles. The van der Waals surface area contributed by atoms with Crippen molar-refractivity contribution in [3.63, 3.8) is 0 Å². The molecule has 0 aromatic heterocycles. The molecule has 3 aromatic rings. The van der Waals surface area contributed by atoms with Gasteiger partial charge in [-0.25, -0.2) is 4.79 Å². The lowest BCUT2D eigenvalue weighted by molar-refractivity contribution is 0.0223. The van der Waals surface area contributed by atoms with Crippen molar-refractivity contribution in [1.82, 2.24) is 0 Å². The molecule has 0 bridgehead atoms. The smallest absolute Gasteiger partial charge is 0.340 e. The molecule has 0 radical (unpaired) electrons. The van der Waals surface area contributed by atoms with Crippen molar-refractivity contribution in [3.05, 3.63) is 79.7 Å². The monoisotopic (exact) mass is 488 g/mol. The van der Waals surface area contributed by atoms with Crippen LogP contribution in [-0.4, -0.2) is 16.2 Å². The summed E-state index contributed by atoms with van der Waals surface area (Å²) in [5.41, 5.74) is 1.05. The number of hydrogen-bond donors (Lipinski definition) is 2. The SMILES string of the molecule is O=C1OC2(c3ccccc31)c1ccc(O)c(Br)c1Oc1c2ccc(O)c1Br. The van der Waals surface area contributed by atoms with E-state index in [1.807, 2.05) is 12.1 Å². The molecule has 2 aliphatic heterocycles. The van der Waals surface area contributed by atoms with Crippen LogP contribution in [-0.2, 0) is 10.3 Å². The largest absolute Gasteiger partial charge is 0.507 e. The van der Waals surface area contributed by atoms with Crippen LogP contribution in [0.25, 0.3) is 0 Å². The Labute approximate surface area is 170 Å². The first-order valence-electron chi connectivity index (χ1n) is 7.99. The standard InChI is InChI=1S/C20H10Br2O5/c21-15-13(23)7-5-11-17(15)26-18-12(6-8-14(24)16(18)22)20(11)10-4-2-1-3-9(10)19(25)27-20/h1-8,23-24H. The zero-order valence-electron chi connectivity index (χ0n) is 13.5. The van der Waals surface area contributed by atoms with Gasteiger partial charge in [-0.3, -0.25) is 0 Å². The van der Waals surface area contributed by atoms with E-state index in [9.17, 15) is 15.0 Å². The second-order valence-electron chi connectivity index (χ2n) is 6.27. The fourth-order valence-electron chi connectivity index (χ4n) is 3.71. The number of hydrogen-bond acceptors (Lipinski definition) is 5. The van der Waals surface area contributed by atoms with E-state index in [2.05, 4.69) is 31.9 Å². The predicted octanol–water partition coefficient (Wildman–Crippen LogP) is 5.19. The number of esters is 1. The second-order valence-corrected chi connectivity index (χ2v) is 7.86. The number of carbonyl (C=O) groups is 1. The molecule has 0 fully saturated rings. The quantitative estimate of drug-likeness (QED) is 0.425. The van der Waals surface area contributed by atoms with E-state index in [0.717, 1.165) is 0 Å². The Bertz CT molecular complexity index is 1100. The summed E-state index contributed by atoms with van der Waals surface area (Å²) < 4.78 is 12.7. The first-order chi connectivity index (χ1) is 12.9. The lowest BCUT2D eigenvalue weighted by Gasteiger charge is -2.37. The third kappa shape index (κ3) is 2.01. The van der Waals surface area contributed by atoms with Gasteiger partial charge in [0.2, 0.25) is 0 Å². The van der Waals surface area contributed by atoms with E-state index in [-0.39, 0.29) is 11.5 Å². The number of benzene rings is 3. The summed E-state index contributed by atoms with van der Waals surface area (Å²) >= 11 is 6.71. The van der Waals surface area contributed by atoms with E-state index in [1.165, 1.54) is 12.1 Å². The Balaban J connectivity index is 1.96. The molecule has 2 aliphatic rings. The maximum absolute atomic E-state index is 12.7. The predicted molar refractivity (Wildman–Crippen MR) is 103 cm³/mol. The van der Waals surface area contributed by atoms with Crippen LogP contribution < -0.4 is 4.74 Å². The summed E-state index contributed by atoms with van der Waals surface area (Å²) in [6.07, 6.45) is 0. The Kier molecular flexibility index (Phi) is 3.39. The molecular formula is C20H10Br2O5. The van der Waals surface area contributed by atoms with Gasteiger partial charge in [-0.1, -0.05) is 18.2 Å². The van der Waals surface area contributed by atoms with Gasteiger partial charge in [-0.15, -0.1) is 0 Å². The van der Waals surface area contributed by atoms with Gasteiger partial charge in [0, 0.05) is 16.7 Å². The first kappa shape index (κ1) is 16.6. The third-order valence-corrected chi connectivity index (χ3v) is 6.42. The third-order valence-electron chi connectivity index (χ3n) is 4.89. The zero-order chi connectivity index (χ0) is 18.9. The molecule has 1 spiro atoms. The van der Waals surface area contributed by atoms with Crippen LogP contribution >= 0.6 is 31.9 Å². The van der Waals surface area contributed by atoms with Crippen LogP contribution in [0.1, 0.15) is 27.0 Å². The zero-order valence-corrected chi connectivity index (χ0v) is 16.7. The van der Waals surface area contributed by atoms with Crippen molar-refractivity contribution in [1.29, 1.82) is 0 Å². The molecule has 2 N–H and O–H groups in total. The lowest BCUT2D eigenvalue weighted by Crippen LogP contribution is -2.33. The fourth-order valence-corrected chi connectivity index (χ4v) is 4.56. The Morgan fingerprint density at radius 2 is 1.33 bits per heavy atom. The molecule has 5 nitrogen and oxygen atoms in total. The van der Waals surface area contributed by atoms with E-state index >= 15 is 0 Å². The fraction of sp³-hybridized carbons (Fsp3) is 0.0500. The van der Waals surface area contributed by atoms with Crippen molar-refractivity contribution in [2.45, 2.75) is 5.60 Å². The first-order valence-corrected chi connectivity index (χ1v) is 9.58. The van der Waals surface area contributed by atoms with Gasteiger partial charge in [-0.05, 0) is 62.2 Å². The van der Waals surface area contributed by atoms with E-state index in [4.69, 9.17) is 9.47 Å². The van der Waals surface area contributed by atoms with Gasteiger partial charge in [-0.2, -0.15) is 0 Å². The number of rotatable bonds is 0. The average Bonchev–Trinajstić information content (AvgIpc) is 2.96. The molecule has 27 heavy (non-hydrogen) atoms. The van der Waals surface area contributed by atoms with Crippen molar-refractivity contribution >= 4 is 37.8 Å². The molecule has 0 saturated carbocycles. The van der Waals surface area contributed by atoms with Crippen LogP contribution in [0.3, 0.4) is 0 Å². The molecule has 0 amide bonds. The topological polar surface area (TPSA) is 76.0 Å². The molecule has 5 rings (SSSR count). The Hall–Kier alpha value is -2.51. The normalized spacial score (nSPS) is 15.6. The lowest BCUT2D eigenvalue weighted by atomic mass is 9.77. The molecule has 0 saturated heterocycles. The Morgan fingerprint density at radius 3 is 1.93 bits per heavy atom. The highest BCUT2D eigenvalue weighted by Crippen LogP contribution is 2.60. The summed E-state index contributed by atoms with van der Waals surface area (Å²) in [7, 11) is 0. The summed E-state index contributed by atoms with van der Waals surface area (Å²) in [6, 6.07) is 13.5. The number of phenolic OH excluding ortho intramolecular Hbond substituents is 2. The molecule has 7 heteroatoms. The highest BCUT2D eigenvalue weighted by molar-refractivity contribution is 9.11. The summed E-state index contributed by atoms with van der Waals surface area (Å²) in [4.78, 5) is 12.7. The molecule has 0 unspecified atom stereocenters. The average molecular weight is 490 g/mol. The van der Waals surface area contributed by atoms with E-state index < -0.39 is 11.6 Å². The summed E-state index contributed by atoms with van der Waals surface area (Å²) in [5.74, 6) is 0.164. The molecule has 0 aliphatic carbocycles. The van der Waals surface area contributed by atoms with Crippen molar-refractivity contribution in [2.24, 2.45) is 0 Å². The van der Waals surface area contributed by atoms with Crippen molar-refractivity contribution < 1.29 is 24.5 Å². The number of ether oxygens (including phenoxy) is 2. The van der Waals surface area contributed by atoms with Crippen LogP contribution in [0, 0.1) is 0 Å². The number of phenols is 2. The van der Waals surface area contributed by atoms with Crippen molar-refractivity contribution in [3.8, 4) is 23.0 Å². The maximum Gasteiger partial charge on any atom is 0.340 e. The van der Waals surface area contributed by atoms with Gasteiger partial charge in [0.05, 0.1) is 5.56 Å². The van der Waals surface area contributed by atoms with Gasteiger partial charge < -0.3 is 19.7 Å². The van der Waals surface area contributed by atoms with Gasteiger partial charge in [0.15, 0.2) is 17.1 Å². The molecular weight excluding hydrogens is 480 g/mol. The van der Waals surface area contributed by atoms with E-state index in [1.54, 1.807) is 24.3 Å². The number of aromatic hydroxyl groups is 2. The minimum Gasteiger partial charge on any atom is -0.507 e. The highest BCUT2D eigenvalue weighted by Gasteiger charge is 2.54. The highest BCUT2D eigenvalue weighted by atomic mass is 79.9. The maximum atomic E-state index is 12.7. The number of carbonyl (C=O) groups excluding carboxylic acids is 1. The van der Waals surface area contributed by atoms with Gasteiger partial charge in [0.25, 0.3) is 0 Å². The second kappa shape index (κ2) is 5.50. The number of fused-ring (bicyclic) bond motifs is 6. The number of halogens is 2. The summed E-state index contributed by atoms with van der Waals surface area (Å²) in [6.45, 7) is 0. The van der Waals surface area contributed by atoms with Gasteiger partial charge in [0.1, 0.15) is 20.4 Å². The van der Waals surface area contributed by atoms with E-state index in [0.29, 0.717) is 42.7 Å². The van der Waals surface area contributed by atoms with Crippen molar-refractivity contribution in [2.75, 3.05) is 0 Å². The minimum absolute atomic E-state index is 0.0127. The van der Waals surface area contributed by atoms with Crippen LogP contribution in [0.2, 0.25) is 0 Å². The summed E-state index contributed by atoms with van der Waals surface area (Å²) in [5, 5.41) is 20.3. The molecule has 0 atom stereocenters. The minimum atomic E-state index is -1.25. The molecule has 2 heterocycles. The molecule has 134 valence electrons. The Morgan fingerprint density at radius 1 is 0.778 bits per heavy atom. The van der Waals surface area contributed by atoms with Crippen LogP contribution in [0.4, 0.5) is 0 Å². The van der Waals surface area contributed by atoms with Crippen LogP contribution in [0.5, 0.6) is 23.0 Å².